The van der Waals surface area contributed by atoms with Crippen molar-refractivity contribution in [3.63, 3.8) is 0 Å². The van der Waals surface area contributed by atoms with Gasteiger partial charge in [0.25, 0.3) is 10.0 Å². The first-order valence-electron chi connectivity index (χ1n) is 5.56. The predicted molar refractivity (Wildman–Crippen MR) is 72.2 cm³/mol. The van der Waals surface area contributed by atoms with Gasteiger partial charge in [0.15, 0.2) is 0 Å². The third kappa shape index (κ3) is 3.93. The van der Waals surface area contributed by atoms with E-state index >= 15 is 0 Å². The van der Waals surface area contributed by atoms with Crippen LogP contribution in [0, 0.1) is 6.92 Å². The zero-order chi connectivity index (χ0) is 15.7. The Balaban J connectivity index is 2.06. The zero-order valence-corrected chi connectivity index (χ0v) is 12.2. The Morgan fingerprint density at radius 2 is 1.90 bits per heavy atom. The number of rotatable bonds is 4. The van der Waals surface area contributed by atoms with Crippen LogP contribution < -0.4 is 10.3 Å². The van der Waals surface area contributed by atoms with E-state index in [0.29, 0.717) is 6.20 Å². The molecule has 2 rings (SSSR count). The number of pyridine rings is 1. The van der Waals surface area contributed by atoms with Gasteiger partial charge in [-0.15, -0.1) is 16.2 Å². The fourth-order valence-corrected chi connectivity index (χ4v) is 3.50. The van der Waals surface area contributed by atoms with Gasteiger partial charge >= 0.3 is 6.18 Å². The monoisotopic (exact) mass is 337 g/mol. The van der Waals surface area contributed by atoms with E-state index in [1.54, 1.807) is 13.0 Å². The molecule has 0 radical (unpaired) electrons. The normalized spacial score (nSPS) is 12.4. The van der Waals surface area contributed by atoms with E-state index in [9.17, 15) is 21.6 Å². The molecule has 0 aliphatic rings. The maximum Gasteiger partial charge on any atom is 0.417 e. The first kappa shape index (κ1) is 15.7. The predicted octanol–water partition coefficient (Wildman–Crippen LogP) is 2.78. The molecule has 0 fully saturated rings. The molecule has 0 aliphatic heterocycles. The van der Waals surface area contributed by atoms with Crippen molar-refractivity contribution in [1.82, 2.24) is 9.82 Å². The van der Waals surface area contributed by atoms with Crippen molar-refractivity contribution in [3.05, 3.63) is 40.9 Å². The van der Waals surface area contributed by atoms with Crippen LogP contribution in [-0.4, -0.2) is 13.4 Å². The quantitative estimate of drug-likeness (QED) is 0.842. The standard InChI is InChI=1S/C11H10F3N3O2S2/c1-7-2-5-10(20-7)21(18,19)17-16-9-4-3-8(6-15-9)11(12,13)14/h2-6,17H,1H3,(H,15,16). The fourth-order valence-electron chi connectivity index (χ4n) is 1.36. The van der Waals surface area contributed by atoms with E-state index in [1.807, 2.05) is 0 Å². The number of nitrogens with zero attached hydrogens (tertiary/aromatic N) is 1. The minimum absolute atomic E-state index is 0.0418. The number of hydrazine groups is 1. The number of alkyl halides is 3. The molecule has 10 heteroatoms. The number of sulfonamides is 1. The van der Waals surface area contributed by atoms with Gasteiger partial charge in [-0.2, -0.15) is 13.2 Å². The highest BCUT2D eigenvalue weighted by Crippen LogP contribution is 2.28. The molecule has 0 aliphatic carbocycles. The highest BCUT2D eigenvalue weighted by molar-refractivity contribution is 7.91. The van der Waals surface area contributed by atoms with Gasteiger partial charge in [0.05, 0.1) is 5.56 Å². The lowest BCUT2D eigenvalue weighted by molar-refractivity contribution is -0.137. The van der Waals surface area contributed by atoms with Crippen LogP contribution >= 0.6 is 11.3 Å². The molecule has 0 bridgehead atoms. The number of nitrogens with one attached hydrogen (secondary N) is 2. The third-order valence-electron chi connectivity index (χ3n) is 2.38. The molecule has 2 heterocycles. The summed E-state index contributed by atoms with van der Waals surface area (Å²) in [5.41, 5.74) is 1.35. The summed E-state index contributed by atoms with van der Waals surface area (Å²) in [6.07, 6.45) is -3.87. The van der Waals surface area contributed by atoms with Crippen molar-refractivity contribution in [3.8, 4) is 0 Å². The number of hydrogen-bond acceptors (Lipinski definition) is 5. The van der Waals surface area contributed by atoms with Crippen molar-refractivity contribution < 1.29 is 21.6 Å². The highest BCUT2D eigenvalue weighted by atomic mass is 32.2. The largest absolute Gasteiger partial charge is 0.417 e. The first-order chi connectivity index (χ1) is 9.68. The number of hydrogen-bond donors (Lipinski definition) is 2. The SMILES string of the molecule is Cc1ccc(S(=O)(=O)NNc2ccc(C(F)(F)F)cn2)s1. The Hall–Kier alpha value is -1.65. The number of aryl methyl sites for hydroxylation is 1. The molecule has 2 N–H and O–H groups in total. The minimum atomic E-state index is -4.49. The van der Waals surface area contributed by atoms with Crippen molar-refractivity contribution in [1.29, 1.82) is 0 Å². The van der Waals surface area contributed by atoms with Gasteiger partial charge in [0, 0.05) is 11.1 Å². The molecule has 114 valence electrons. The molecule has 2 aromatic rings. The lowest BCUT2D eigenvalue weighted by atomic mass is 10.3. The molecular weight excluding hydrogens is 327 g/mol. The van der Waals surface area contributed by atoms with Crippen LogP contribution in [0.5, 0.6) is 0 Å². The molecule has 0 unspecified atom stereocenters. The first-order valence-corrected chi connectivity index (χ1v) is 7.86. The van der Waals surface area contributed by atoms with E-state index in [-0.39, 0.29) is 10.0 Å². The molecule has 21 heavy (non-hydrogen) atoms. The van der Waals surface area contributed by atoms with Crippen molar-refractivity contribution in [2.75, 3.05) is 5.43 Å². The highest BCUT2D eigenvalue weighted by Gasteiger charge is 2.30. The lowest BCUT2D eigenvalue weighted by Crippen LogP contribution is -2.29. The van der Waals surface area contributed by atoms with Gasteiger partial charge in [0.1, 0.15) is 10.0 Å². The van der Waals surface area contributed by atoms with Gasteiger partial charge in [-0.1, -0.05) is 0 Å². The topological polar surface area (TPSA) is 71.1 Å². The fraction of sp³-hybridized carbons (Fsp3) is 0.182. The second-order valence-corrected chi connectivity index (χ2v) is 7.22. The summed E-state index contributed by atoms with van der Waals surface area (Å²) in [5, 5.41) is 0. The Bertz CT molecular complexity index is 724. The summed E-state index contributed by atoms with van der Waals surface area (Å²) in [6, 6.07) is 4.92. The summed E-state index contributed by atoms with van der Waals surface area (Å²) >= 11 is 1.08. The second kappa shape index (κ2) is 5.62. The van der Waals surface area contributed by atoms with Gasteiger partial charge in [-0.3, -0.25) is 5.43 Å². The minimum Gasteiger partial charge on any atom is -0.292 e. The summed E-state index contributed by atoms with van der Waals surface area (Å²) in [7, 11) is -3.78. The van der Waals surface area contributed by atoms with E-state index < -0.39 is 21.8 Å². The molecule has 0 atom stereocenters. The van der Waals surface area contributed by atoms with Crippen molar-refractivity contribution in [2.45, 2.75) is 17.3 Å². The Kier molecular flexibility index (Phi) is 4.21. The van der Waals surface area contributed by atoms with E-state index in [4.69, 9.17) is 0 Å². The third-order valence-corrected chi connectivity index (χ3v) is 5.13. The summed E-state index contributed by atoms with van der Waals surface area (Å²) in [5.74, 6) is -0.0418. The molecule has 5 nitrogen and oxygen atoms in total. The van der Waals surface area contributed by atoms with Crippen LogP contribution in [0.1, 0.15) is 10.4 Å². The maximum absolute atomic E-state index is 12.3. The zero-order valence-electron chi connectivity index (χ0n) is 10.6. The van der Waals surface area contributed by atoms with Crippen LogP contribution in [0.2, 0.25) is 0 Å². The summed E-state index contributed by atoms with van der Waals surface area (Å²) in [6.45, 7) is 1.76. The molecular formula is C11H10F3N3O2S2. The van der Waals surface area contributed by atoms with Gasteiger partial charge in [-0.05, 0) is 31.2 Å². The van der Waals surface area contributed by atoms with Crippen molar-refractivity contribution in [2.24, 2.45) is 0 Å². The van der Waals surface area contributed by atoms with Crippen LogP contribution in [0.4, 0.5) is 19.0 Å². The second-order valence-electron chi connectivity index (χ2n) is 4.03. The maximum atomic E-state index is 12.3. The Labute approximate surface area is 122 Å². The number of halogens is 3. The molecule has 0 saturated carbocycles. The van der Waals surface area contributed by atoms with E-state index in [0.717, 1.165) is 28.3 Å². The Morgan fingerprint density at radius 3 is 2.38 bits per heavy atom. The molecule has 0 spiro atoms. The average Bonchev–Trinajstić information content (AvgIpc) is 2.83. The van der Waals surface area contributed by atoms with Gasteiger partial charge < -0.3 is 0 Å². The van der Waals surface area contributed by atoms with Crippen LogP contribution in [0.3, 0.4) is 0 Å². The molecule has 2 aromatic heterocycles. The summed E-state index contributed by atoms with van der Waals surface area (Å²) in [4.78, 5) is 6.37. The van der Waals surface area contributed by atoms with Gasteiger partial charge in [-0.25, -0.2) is 13.4 Å². The molecule has 0 amide bonds. The lowest BCUT2D eigenvalue weighted by Gasteiger charge is -2.09. The smallest absolute Gasteiger partial charge is 0.292 e. The number of aromatic nitrogens is 1. The van der Waals surface area contributed by atoms with E-state index in [1.165, 1.54) is 6.07 Å². The average molecular weight is 337 g/mol. The summed E-state index contributed by atoms with van der Waals surface area (Å²) < 4.78 is 60.9. The number of anilines is 1. The number of thiophene rings is 1. The van der Waals surface area contributed by atoms with Gasteiger partial charge in [0.2, 0.25) is 0 Å². The molecule has 0 saturated heterocycles. The van der Waals surface area contributed by atoms with Crippen molar-refractivity contribution >= 4 is 27.2 Å². The van der Waals surface area contributed by atoms with E-state index in [2.05, 4.69) is 15.2 Å². The van der Waals surface area contributed by atoms with Crippen LogP contribution in [0.25, 0.3) is 0 Å². The molecule has 0 aromatic carbocycles. The van der Waals surface area contributed by atoms with Crippen LogP contribution in [0.15, 0.2) is 34.7 Å². The van der Waals surface area contributed by atoms with Crippen LogP contribution in [-0.2, 0) is 16.2 Å². The Morgan fingerprint density at radius 1 is 1.19 bits per heavy atom.